The van der Waals surface area contributed by atoms with Gasteiger partial charge in [-0.25, -0.2) is 0 Å². The van der Waals surface area contributed by atoms with Crippen molar-refractivity contribution in [3.05, 3.63) is 29.3 Å². The van der Waals surface area contributed by atoms with Gasteiger partial charge >= 0.3 is 5.97 Å². The number of esters is 1. The Hall–Kier alpha value is -1.63. The number of ether oxygens (including phenoxy) is 3. The molecular weight excluding hydrogens is 284 g/mol. The lowest BCUT2D eigenvalue weighted by Gasteiger charge is -2.27. The number of hydrogen-bond donors (Lipinski definition) is 1. The molecule has 1 unspecified atom stereocenters. The Kier molecular flexibility index (Phi) is 6.18. The summed E-state index contributed by atoms with van der Waals surface area (Å²) in [6, 6.07) is 5.27. The fourth-order valence-electron chi connectivity index (χ4n) is 2.57. The molecule has 1 aromatic rings. The second-order valence-electron chi connectivity index (χ2n) is 5.37. The van der Waals surface area contributed by atoms with Crippen LogP contribution in [0.3, 0.4) is 0 Å². The SMILES string of the molecule is COC(=O)C(N)Cc1ccc(OC)c(CN2CCOCC2)c1. The van der Waals surface area contributed by atoms with Crippen LogP contribution in [0.1, 0.15) is 11.1 Å². The monoisotopic (exact) mass is 308 g/mol. The van der Waals surface area contributed by atoms with Crippen LogP contribution in [0.5, 0.6) is 5.75 Å². The van der Waals surface area contributed by atoms with E-state index in [9.17, 15) is 4.79 Å². The van der Waals surface area contributed by atoms with Crippen molar-refractivity contribution < 1.29 is 19.0 Å². The van der Waals surface area contributed by atoms with Gasteiger partial charge in [0.05, 0.1) is 27.4 Å². The van der Waals surface area contributed by atoms with Crippen molar-refractivity contribution in [2.24, 2.45) is 5.73 Å². The molecule has 6 heteroatoms. The lowest BCUT2D eigenvalue weighted by Crippen LogP contribution is -2.36. The van der Waals surface area contributed by atoms with Crippen LogP contribution in [-0.4, -0.2) is 57.4 Å². The molecule has 1 fully saturated rings. The predicted molar refractivity (Wildman–Crippen MR) is 82.8 cm³/mol. The van der Waals surface area contributed by atoms with Gasteiger partial charge in [-0.05, 0) is 18.1 Å². The standard InChI is InChI=1S/C16H24N2O4/c1-20-15-4-3-12(10-14(17)16(19)21-2)9-13(15)11-18-5-7-22-8-6-18/h3-4,9,14H,5-8,10-11,17H2,1-2H3. The second kappa shape index (κ2) is 8.12. The molecule has 1 aliphatic heterocycles. The van der Waals surface area contributed by atoms with Gasteiger partial charge in [-0.3, -0.25) is 9.69 Å². The summed E-state index contributed by atoms with van der Waals surface area (Å²) >= 11 is 0. The van der Waals surface area contributed by atoms with E-state index in [0.29, 0.717) is 6.42 Å². The van der Waals surface area contributed by atoms with Crippen molar-refractivity contribution in [3.63, 3.8) is 0 Å². The third-order valence-corrected chi connectivity index (χ3v) is 3.80. The fraction of sp³-hybridized carbons (Fsp3) is 0.562. The molecule has 2 N–H and O–H groups in total. The van der Waals surface area contributed by atoms with Gasteiger partial charge in [0.1, 0.15) is 11.8 Å². The summed E-state index contributed by atoms with van der Waals surface area (Å²) in [7, 11) is 3.01. The van der Waals surface area contributed by atoms with Crippen molar-refractivity contribution in [2.45, 2.75) is 19.0 Å². The van der Waals surface area contributed by atoms with Crippen LogP contribution in [0.4, 0.5) is 0 Å². The van der Waals surface area contributed by atoms with E-state index >= 15 is 0 Å². The maximum Gasteiger partial charge on any atom is 0.322 e. The summed E-state index contributed by atoms with van der Waals surface area (Å²) in [5, 5.41) is 0. The molecule has 1 saturated heterocycles. The molecule has 0 aliphatic carbocycles. The van der Waals surface area contributed by atoms with Crippen molar-refractivity contribution >= 4 is 5.97 Å². The van der Waals surface area contributed by atoms with Crippen LogP contribution in [0, 0.1) is 0 Å². The zero-order valence-corrected chi connectivity index (χ0v) is 13.2. The Morgan fingerprint density at radius 2 is 2.09 bits per heavy atom. The molecule has 0 saturated carbocycles. The van der Waals surface area contributed by atoms with Gasteiger partial charge in [-0.2, -0.15) is 0 Å². The fourth-order valence-corrected chi connectivity index (χ4v) is 2.57. The van der Waals surface area contributed by atoms with Gasteiger partial charge in [0, 0.05) is 25.2 Å². The third-order valence-electron chi connectivity index (χ3n) is 3.80. The molecule has 0 spiro atoms. The zero-order valence-electron chi connectivity index (χ0n) is 13.2. The smallest absolute Gasteiger partial charge is 0.322 e. The van der Waals surface area contributed by atoms with Gasteiger partial charge in [0.15, 0.2) is 0 Å². The highest BCUT2D eigenvalue weighted by molar-refractivity contribution is 5.75. The number of carbonyl (C=O) groups excluding carboxylic acids is 1. The number of nitrogens with zero attached hydrogens (tertiary/aromatic N) is 1. The van der Waals surface area contributed by atoms with Crippen molar-refractivity contribution in [2.75, 3.05) is 40.5 Å². The summed E-state index contributed by atoms with van der Waals surface area (Å²) in [5.74, 6) is 0.451. The summed E-state index contributed by atoms with van der Waals surface area (Å²) in [4.78, 5) is 13.8. The average Bonchev–Trinajstić information content (AvgIpc) is 2.55. The largest absolute Gasteiger partial charge is 0.496 e. The number of hydrogen-bond acceptors (Lipinski definition) is 6. The van der Waals surface area contributed by atoms with E-state index in [1.807, 2.05) is 12.1 Å². The Labute approximate surface area is 131 Å². The highest BCUT2D eigenvalue weighted by Gasteiger charge is 2.17. The highest BCUT2D eigenvalue weighted by atomic mass is 16.5. The number of methoxy groups -OCH3 is 2. The number of nitrogens with two attached hydrogens (primary N) is 1. The summed E-state index contributed by atoms with van der Waals surface area (Å²) in [6.07, 6.45) is 0.451. The van der Waals surface area contributed by atoms with Crippen molar-refractivity contribution in [3.8, 4) is 5.75 Å². The number of rotatable bonds is 6. The van der Waals surface area contributed by atoms with E-state index in [1.165, 1.54) is 7.11 Å². The lowest BCUT2D eigenvalue weighted by atomic mass is 10.0. The minimum atomic E-state index is -0.644. The van der Waals surface area contributed by atoms with Gasteiger partial charge in [0.2, 0.25) is 0 Å². The summed E-state index contributed by atoms with van der Waals surface area (Å²) < 4.78 is 15.5. The van der Waals surface area contributed by atoms with Gasteiger partial charge in [-0.1, -0.05) is 12.1 Å². The maximum absolute atomic E-state index is 11.4. The molecule has 2 rings (SSSR count). The summed E-state index contributed by atoms with van der Waals surface area (Å²) in [6.45, 7) is 4.14. The van der Waals surface area contributed by atoms with E-state index in [2.05, 4.69) is 15.7 Å². The van der Waals surface area contributed by atoms with Gasteiger partial charge in [0.25, 0.3) is 0 Å². The molecule has 0 amide bonds. The topological polar surface area (TPSA) is 74.0 Å². The first-order chi connectivity index (χ1) is 10.6. The Bertz CT molecular complexity index is 501. The highest BCUT2D eigenvalue weighted by Crippen LogP contribution is 2.22. The average molecular weight is 308 g/mol. The minimum absolute atomic E-state index is 0.398. The normalized spacial score (nSPS) is 17.0. The summed E-state index contributed by atoms with van der Waals surface area (Å²) in [5.41, 5.74) is 7.93. The van der Waals surface area contributed by atoms with E-state index in [4.69, 9.17) is 15.2 Å². The van der Waals surface area contributed by atoms with Crippen LogP contribution < -0.4 is 10.5 Å². The number of benzene rings is 1. The van der Waals surface area contributed by atoms with Gasteiger partial charge in [-0.15, -0.1) is 0 Å². The zero-order chi connectivity index (χ0) is 15.9. The molecule has 6 nitrogen and oxygen atoms in total. The van der Waals surface area contributed by atoms with Crippen LogP contribution in [0.2, 0.25) is 0 Å². The molecule has 0 bridgehead atoms. The number of carbonyl (C=O) groups is 1. The molecular formula is C16H24N2O4. The quantitative estimate of drug-likeness (QED) is 0.775. The van der Waals surface area contributed by atoms with Gasteiger partial charge < -0.3 is 19.9 Å². The predicted octanol–water partition coefficient (Wildman–Crippen LogP) is 0.570. The second-order valence-corrected chi connectivity index (χ2v) is 5.37. The van der Waals surface area contributed by atoms with Crippen LogP contribution in [-0.2, 0) is 27.2 Å². The van der Waals surface area contributed by atoms with Crippen molar-refractivity contribution in [1.29, 1.82) is 0 Å². The molecule has 0 aromatic heterocycles. The first-order valence-electron chi connectivity index (χ1n) is 7.43. The van der Waals surface area contributed by atoms with Crippen molar-refractivity contribution in [1.82, 2.24) is 4.90 Å². The molecule has 122 valence electrons. The van der Waals surface area contributed by atoms with E-state index in [-0.39, 0.29) is 0 Å². The molecule has 1 aliphatic rings. The Morgan fingerprint density at radius 1 is 1.36 bits per heavy atom. The number of morpholine rings is 1. The first kappa shape index (κ1) is 16.7. The van der Waals surface area contributed by atoms with Crippen LogP contribution in [0.25, 0.3) is 0 Å². The molecule has 1 heterocycles. The molecule has 0 radical (unpaired) electrons. The Balaban J connectivity index is 2.09. The Morgan fingerprint density at radius 3 is 2.73 bits per heavy atom. The first-order valence-corrected chi connectivity index (χ1v) is 7.43. The molecule has 22 heavy (non-hydrogen) atoms. The molecule has 1 aromatic carbocycles. The third kappa shape index (κ3) is 4.43. The van der Waals surface area contributed by atoms with E-state index in [0.717, 1.165) is 49.7 Å². The maximum atomic E-state index is 11.4. The lowest BCUT2D eigenvalue weighted by molar-refractivity contribution is -0.142. The minimum Gasteiger partial charge on any atom is -0.496 e. The molecule has 1 atom stereocenters. The van der Waals surface area contributed by atoms with Crippen LogP contribution in [0.15, 0.2) is 18.2 Å². The van der Waals surface area contributed by atoms with E-state index < -0.39 is 12.0 Å². The van der Waals surface area contributed by atoms with Crippen LogP contribution >= 0.6 is 0 Å². The van der Waals surface area contributed by atoms with E-state index in [1.54, 1.807) is 7.11 Å².